The maximum Gasteiger partial charge on any atom is 0.139 e. The molecule has 3 N–H and O–H groups in total. The minimum absolute atomic E-state index is 0.0669. The van der Waals surface area contributed by atoms with E-state index in [0.29, 0.717) is 0 Å². The van der Waals surface area contributed by atoms with Crippen molar-refractivity contribution in [2.45, 2.75) is 19.4 Å². The fourth-order valence-electron chi connectivity index (χ4n) is 1.39. The molecule has 0 aliphatic carbocycles. The van der Waals surface area contributed by atoms with Crippen molar-refractivity contribution in [3.05, 3.63) is 24.4 Å². The van der Waals surface area contributed by atoms with Gasteiger partial charge in [0.25, 0.3) is 0 Å². The number of hydrogen-bond donors (Lipinski definition) is 3. The van der Waals surface area contributed by atoms with Crippen molar-refractivity contribution in [3.8, 4) is 0 Å². The molecule has 0 aliphatic heterocycles. The van der Waals surface area contributed by atoms with Crippen LogP contribution >= 0.6 is 0 Å². The Balaban J connectivity index is 2.28. The Hall–Kier alpha value is -1.55. The van der Waals surface area contributed by atoms with Gasteiger partial charge in [-0.1, -0.05) is 0 Å². The van der Waals surface area contributed by atoms with Crippen LogP contribution in [-0.2, 0) is 0 Å². The van der Waals surface area contributed by atoms with Gasteiger partial charge in [0.1, 0.15) is 11.5 Å². The Morgan fingerprint density at radius 2 is 2.20 bits per heavy atom. The molecule has 0 aromatic carbocycles. The van der Waals surface area contributed by atoms with E-state index in [0.717, 1.165) is 16.9 Å². The van der Waals surface area contributed by atoms with Crippen molar-refractivity contribution in [2.24, 2.45) is 0 Å². The molecule has 0 saturated heterocycles. The molecule has 0 unspecified atom stereocenters. The van der Waals surface area contributed by atoms with Gasteiger partial charge in [-0.3, -0.25) is 0 Å². The largest absolute Gasteiger partial charge is 0.394 e. The number of aromatic nitrogens is 2. The summed E-state index contributed by atoms with van der Waals surface area (Å²) in [6, 6.07) is 5.88. The molecular weight excluding hydrogens is 190 g/mol. The van der Waals surface area contributed by atoms with Crippen molar-refractivity contribution >= 4 is 16.9 Å². The maximum atomic E-state index is 9.13. The number of anilines is 1. The SMILES string of the molecule is CC(C)(CO)Nc1ccc2cc[nH]c2n1. The maximum absolute atomic E-state index is 9.13. The van der Waals surface area contributed by atoms with E-state index in [9.17, 15) is 0 Å². The lowest BCUT2D eigenvalue weighted by Gasteiger charge is -2.23. The van der Waals surface area contributed by atoms with Crippen LogP contribution in [0.2, 0.25) is 0 Å². The first-order valence-corrected chi connectivity index (χ1v) is 4.94. The van der Waals surface area contributed by atoms with Crippen molar-refractivity contribution < 1.29 is 5.11 Å². The molecule has 0 aliphatic rings. The summed E-state index contributed by atoms with van der Waals surface area (Å²) in [5.41, 5.74) is 0.501. The number of pyridine rings is 1. The second kappa shape index (κ2) is 3.55. The molecule has 15 heavy (non-hydrogen) atoms. The second-order valence-electron chi connectivity index (χ2n) is 4.28. The predicted octanol–water partition coefficient (Wildman–Crippen LogP) is 1.75. The van der Waals surface area contributed by atoms with Crippen LogP contribution in [-0.4, -0.2) is 27.2 Å². The first-order valence-electron chi connectivity index (χ1n) is 4.94. The molecule has 2 aromatic heterocycles. The van der Waals surface area contributed by atoms with Crippen LogP contribution in [0.1, 0.15) is 13.8 Å². The predicted molar refractivity (Wildman–Crippen MR) is 60.9 cm³/mol. The van der Waals surface area contributed by atoms with E-state index < -0.39 is 0 Å². The van der Waals surface area contributed by atoms with Gasteiger partial charge in [-0.05, 0) is 32.0 Å². The molecule has 80 valence electrons. The minimum Gasteiger partial charge on any atom is -0.394 e. The zero-order valence-electron chi connectivity index (χ0n) is 8.91. The van der Waals surface area contributed by atoms with Crippen molar-refractivity contribution in [2.75, 3.05) is 11.9 Å². The van der Waals surface area contributed by atoms with Gasteiger partial charge in [0.05, 0.1) is 12.1 Å². The highest BCUT2D eigenvalue weighted by Crippen LogP contribution is 2.16. The van der Waals surface area contributed by atoms with Crippen LogP contribution < -0.4 is 5.32 Å². The quantitative estimate of drug-likeness (QED) is 0.715. The van der Waals surface area contributed by atoms with Gasteiger partial charge < -0.3 is 15.4 Å². The second-order valence-corrected chi connectivity index (χ2v) is 4.28. The first kappa shape index (κ1) is 9.98. The fourth-order valence-corrected chi connectivity index (χ4v) is 1.39. The molecule has 4 heteroatoms. The number of fused-ring (bicyclic) bond motifs is 1. The summed E-state index contributed by atoms with van der Waals surface area (Å²) in [6.07, 6.45) is 1.86. The molecule has 2 aromatic rings. The molecule has 4 nitrogen and oxygen atoms in total. The highest BCUT2D eigenvalue weighted by molar-refractivity contribution is 5.77. The molecule has 0 bridgehead atoms. The Morgan fingerprint density at radius 1 is 1.40 bits per heavy atom. The van der Waals surface area contributed by atoms with Crippen molar-refractivity contribution in [1.29, 1.82) is 0 Å². The number of aromatic amines is 1. The van der Waals surface area contributed by atoms with Crippen molar-refractivity contribution in [3.63, 3.8) is 0 Å². The topological polar surface area (TPSA) is 60.9 Å². The van der Waals surface area contributed by atoms with E-state index in [-0.39, 0.29) is 12.1 Å². The Bertz CT molecular complexity index is 462. The summed E-state index contributed by atoms with van der Waals surface area (Å²) >= 11 is 0. The molecule has 0 radical (unpaired) electrons. The van der Waals surface area contributed by atoms with E-state index in [1.165, 1.54) is 0 Å². The Kier molecular flexibility index (Phi) is 2.36. The Labute approximate surface area is 88.3 Å². The average Bonchev–Trinajstić information content (AvgIpc) is 2.64. The molecule has 2 heterocycles. The highest BCUT2D eigenvalue weighted by Gasteiger charge is 2.16. The third-order valence-electron chi connectivity index (χ3n) is 2.27. The molecule has 0 atom stereocenters. The molecule has 0 spiro atoms. The van der Waals surface area contributed by atoms with Crippen LogP contribution in [0.4, 0.5) is 5.82 Å². The van der Waals surface area contributed by atoms with Gasteiger partial charge in [0.2, 0.25) is 0 Å². The van der Waals surface area contributed by atoms with Gasteiger partial charge in [-0.2, -0.15) is 0 Å². The molecule has 0 amide bonds. The van der Waals surface area contributed by atoms with E-state index in [4.69, 9.17) is 5.11 Å². The Morgan fingerprint density at radius 3 is 2.93 bits per heavy atom. The molecule has 0 saturated carbocycles. The van der Waals surface area contributed by atoms with Crippen LogP contribution in [0.5, 0.6) is 0 Å². The summed E-state index contributed by atoms with van der Waals surface area (Å²) in [5.74, 6) is 0.768. The third kappa shape index (κ3) is 2.10. The van der Waals surface area contributed by atoms with Gasteiger partial charge in [0.15, 0.2) is 0 Å². The van der Waals surface area contributed by atoms with E-state index >= 15 is 0 Å². The summed E-state index contributed by atoms with van der Waals surface area (Å²) in [4.78, 5) is 7.44. The van der Waals surface area contributed by atoms with Gasteiger partial charge in [-0.25, -0.2) is 4.98 Å². The van der Waals surface area contributed by atoms with Crippen LogP contribution in [0, 0.1) is 0 Å². The monoisotopic (exact) mass is 205 g/mol. The minimum atomic E-state index is -0.354. The summed E-state index contributed by atoms with van der Waals surface area (Å²) in [6.45, 7) is 3.92. The summed E-state index contributed by atoms with van der Waals surface area (Å²) in [5, 5.41) is 13.4. The summed E-state index contributed by atoms with van der Waals surface area (Å²) in [7, 11) is 0. The summed E-state index contributed by atoms with van der Waals surface area (Å²) < 4.78 is 0. The van der Waals surface area contributed by atoms with Crippen molar-refractivity contribution in [1.82, 2.24) is 9.97 Å². The standard InChI is InChI=1S/C11H15N3O/c1-11(2,7-15)14-9-4-3-8-5-6-12-10(8)13-9/h3-6,15H,7H2,1-2H3,(H2,12,13,14). The fraction of sp³-hybridized carbons (Fsp3) is 0.364. The highest BCUT2D eigenvalue weighted by atomic mass is 16.3. The van der Waals surface area contributed by atoms with Crippen LogP contribution in [0.25, 0.3) is 11.0 Å². The lowest BCUT2D eigenvalue weighted by molar-refractivity contribution is 0.234. The number of aliphatic hydroxyl groups is 1. The van der Waals surface area contributed by atoms with Crippen LogP contribution in [0.3, 0.4) is 0 Å². The first-order chi connectivity index (χ1) is 7.11. The number of hydrogen-bond acceptors (Lipinski definition) is 3. The zero-order valence-corrected chi connectivity index (χ0v) is 8.91. The van der Waals surface area contributed by atoms with E-state index in [2.05, 4.69) is 15.3 Å². The number of rotatable bonds is 3. The number of aliphatic hydroxyl groups excluding tert-OH is 1. The molecular formula is C11H15N3O. The third-order valence-corrected chi connectivity index (χ3v) is 2.27. The number of nitrogens with one attached hydrogen (secondary N) is 2. The zero-order chi connectivity index (χ0) is 10.9. The smallest absolute Gasteiger partial charge is 0.139 e. The lowest BCUT2D eigenvalue weighted by Crippen LogP contribution is -2.35. The van der Waals surface area contributed by atoms with Crippen LogP contribution in [0.15, 0.2) is 24.4 Å². The van der Waals surface area contributed by atoms with Gasteiger partial charge in [-0.15, -0.1) is 0 Å². The van der Waals surface area contributed by atoms with E-state index in [1.807, 2.05) is 38.2 Å². The average molecular weight is 205 g/mol. The van der Waals surface area contributed by atoms with Gasteiger partial charge in [0, 0.05) is 11.6 Å². The molecule has 2 rings (SSSR count). The van der Waals surface area contributed by atoms with Gasteiger partial charge >= 0.3 is 0 Å². The van der Waals surface area contributed by atoms with E-state index in [1.54, 1.807) is 0 Å². The lowest BCUT2D eigenvalue weighted by atomic mass is 10.1. The normalized spacial score (nSPS) is 11.9. The number of nitrogens with zero attached hydrogens (tertiary/aromatic N) is 1. The number of H-pyrrole nitrogens is 1. The molecule has 0 fully saturated rings.